The van der Waals surface area contributed by atoms with Gasteiger partial charge in [-0.05, 0) is 74.7 Å². The topological polar surface area (TPSA) is 35.5 Å². The molecule has 14 heavy (non-hydrogen) atoms. The molecule has 0 aromatic carbocycles. The molecule has 0 heterocycles. The molecule has 0 N–H and O–H groups in total. The molecule has 0 amide bonds. The summed E-state index contributed by atoms with van der Waals surface area (Å²) in [4.78, 5) is 10.9. The molecule has 0 radical (unpaired) electrons. The molecule has 0 fully saturated rings. The lowest BCUT2D eigenvalue weighted by atomic mass is 10.5. The van der Waals surface area contributed by atoms with Gasteiger partial charge in [0.05, 0.1) is 27.8 Å². The van der Waals surface area contributed by atoms with Crippen LogP contribution in [0.25, 0.3) is 0 Å². The fourth-order valence-corrected chi connectivity index (χ4v) is 1.14. The molecule has 0 saturated heterocycles. The Hall–Kier alpha value is 1.36. The third-order valence-corrected chi connectivity index (χ3v) is 5.41. The van der Waals surface area contributed by atoms with Gasteiger partial charge in [0.1, 0.15) is 0 Å². The monoisotopic (exact) mass is 536 g/mol. The molecule has 82 valence electrons. The standard InChI is InChI=1S/C8H11I3O3/c1-2-14-7(12)3-4-13-5-6(9)8(10)11/h2-5H2,1H3. The summed E-state index contributed by atoms with van der Waals surface area (Å²) < 4.78 is 12.4. The van der Waals surface area contributed by atoms with Gasteiger partial charge in [-0.25, -0.2) is 0 Å². The molecule has 0 aliphatic rings. The van der Waals surface area contributed by atoms with E-state index in [1.807, 2.05) is 0 Å². The van der Waals surface area contributed by atoms with Crippen molar-refractivity contribution in [3.63, 3.8) is 0 Å². The van der Waals surface area contributed by atoms with E-state index in [0.717, 1.165) is 3.58 Å². The lowest BCUT2D eigenvalue weighted by Gasteiger charge is -2.03. The maximum absolute atomic E-state index is 10.9. The van der Waals surface area contributed by atoms with E-state index < -0.39 is 0 Å². The van der Waals surface area contributed by atoms with E-state index in [2.05, 4.69) is 67.8 Å². The van der Waals surface area contributed by atoms with Gasteiger partial charge in [-0.3, -0.25) is 4.79 Å². The van der Waals surface area contributed by atoms with Crippen molar-refractivity contribution < 1.29 is 14.3 Å². The molecule has 0 bridgehead atoms. The maximum Gasteiger partial charge on any atom is 0.308 e. The summed E-state index contributed by atoms with van der Waals surface area (Å²) in [6.07, 6.45) is 0.329. The van der Waals surface area contributed by atoms with E-state index in [9.17, 15) is 4.79 Å². The van der Waals surface area contributed by atoms with E-state index in [-0.39, 0.29) is 5.97 Å². The van der Waals surface area contributed by atoms with E-state index in [1.165, 1.54) is 1.59 Å². The Morgan fingerprint density at radius 2 is 1.93 bits per heavy atom. The highest BCUT2D eigenvalue weighted by Gasteiger charge is 2.02. The summed E-state index contributed by atoms with van der Waals surface area (Å²) in [6, 6.07) is 0. The average molecular weight is 536 g/mol. The van der Waals surface area contributed by atoms with Crippen molar-refractivity contribution in [3.8, 4) is 0 Å². The lowest BCUT2D eigenvalue weighted by molar-refractivity contribution is -0.144. The summed E-state index contributed by atoms with van der Waals surface area (Å²) in [5.74, 6) is -0.198. The zero-order valence-electron chi connectivity index (χ0n) is 7.69. The predicted octanol–water partition coefficient (Wildman–Crippen LogP) is 3.43. The molecule has 0 aliphatic carbocycles. The van der Waals surface area contributed by atoms with Crippen molar-refractivity contribution in [2.24, 2.45) is 0 Å². The van der Waals surface area contributed by atoms with Gasteiger partial charge in [0.15, 0.2) is 0 Å². The van der Waals surface area contributed by atoms with Crippen LogP contribution in [-0.4, -0.2) is 25.8 Å². The fraction of sp³-hybridized carbons (Fsp3) is 0.625. The SMILES string of the molecule is CCOC(=O)CCOCC(I)=C(I)I. The van der Waals surface area contributed by atoms with E-state index in [1.54, 1.807) is 6.92 Å². The van der Waals surface area contributed by atoms with Crippen molar-refractivity contribution in [2.45, 2.75) is 13.3 Å². The Labute approximate surface area is 125 Å². The Morgan fingerprint density at radius 3 is 2.43 bits per heavy atom. The Morgan fingerprint density at radius 1 is 1.29 bits per heavy atom. The number of rotatable bonds is 6. The Bertz CT molecular complexity index is 212. The Kier molecular flexibility index (Phi) is 10.5. The molecule has 6 heteroatoms. The summed E-state index contributed by atoms with van der Waals surface area (Å²) in [7, 11) is 0. The van der Waals surface area contributed by atoms with Gasteiger partial charge in [0, 0.05) is 3.58 Å². The van der Waals surface area contributed by atoms with Crippen LogP contribution < -0.4 is 0 Å². The van der Waals surface area contributed by atoms with Crippen LogP contribution in [0, 0.1) is 0 Å². The molecule has 0 spiro atoms. The lowest BCUT2D eigenvalue weighted by Crippen LogP contribution is -2.08. The average Bonchev–Trinajstić information content (AvgIpc) is 2.12. The highest BCUT2D eigenvalue weighted by molar-refractivity contribution is 14.2. The number of carbonyl (C=O) groups excluding carboxylic acids is 1. The highest BCUT2D eigenvalue weighted by atomic mass is 127. The van der Waals surface area contributed by atoms with Crippen molar-refractivity contribution in [1.29, 1.82) is 0 Å². The van der Waals surface area contributed by atoms with Crippen LogP contribution in [-0.2, 0) is 14.3 Å². The van der Waals surface area contributed by atoms with Gasteiger partial charge in [0.25, 0.3) is 0 Å². The van der Waals surface area contributed by atoms with Gasteiger partial charge in [-0.15, -0.1) is 0 Å². The zero-order chi connectivity index (χ0) is 11.0. The number of hydrogen-bond acceptors (Lipinski definition) is 3. The molecule has 0 aliphatic heterocycles. The minimum Gasteiger partial charge on any atom is -0.466 e. The number of ether oxygens (including phenoxy) is 2. The zero-order valence-corrected chi connectivity index (χ0v) is 14.2. The summed E-state index contributed by atoms with van der Waals surface area (Å²) >= 11 is 6.70. The molecule has 0 atom stereocenters. The minimum absolute atomic E-state index is 0.198. The molecule has 0 aromatic heterocycles. The second kappa shape index (κ2) is 9.58. The van der Waals surface area contributed by atoms with E-state index in [0.29, 0.717) is 26.2 Å². The van der Waals surface area contributed by atoms with Crippen LogP contribution in [0.15, 0.2) is 5.17 Å². The molecule has 0 aromatic rings. The van der Waals surface area contributed by atoms with Crippen LogP contribution in [0.1, 0.15) is 13.3 Å². The van der Waals surface area contributed by atoms with Crippen LogP contribution in [0.4, 0.5) is 0 Å². The van der Waals surface area contributed by atoms with Crippen molar-refractivity contribution in [1.82, 2.24) is 0 Å². The van der Waals surface area contributed by atoms with Crippen molar-refractivity contribution in [2.75, 3.05) is 19.8 Å². The second-order valence-corrected chi connectivity index (χ2v) is 7.80. The van der Waals surface area contributed by atoms with Gasteiger partial charge in [-0.1, -0.05) is 0 Å². The van der Waals surface area contributed by atoms with Crippen molar-refractivity contribution in [3.05, 3.63) is 5.17 Å². The fourth-order valence-electron chi connectivity index (χ4n) is 0.605. The highest BCUT2D eigenvalue weighted by Crippen LogP contribution is 2.25. The van der Waals surface area contributed by atoms with Crippen LogP contribution >= 0.6 is 67.8 Å². The summed E-state index contributed by atoms with van der Waals surface area (Å²) in [5.41, 5.74) is 0. The first-order chi connectivity index (χ1) is 6.57. The quantitative estimate of drug-likeness (QED) is 0.297. The first-order valence-corrected chi connectivity index (χ1v) is 7.24. The van der Waals surface area contributed by atoms with E-state index in [4.69, 9.17) is 9.47 Å². The number of esters is 1. The maximum atomic E-state index is 10.9. The minimum atomic E-state index is -0.198. The Balaban J connectivity index is 3.47. The molecular formula is C8H11I3O3. The van der Waals surface area contributed by atoms with Crippen LogP contribution in [0.5, 0.6) is 0 Å². The first-order valence-electron chi connectivity index (χ1n) is 4.01. The largest absolute Gasteiger partial charge is 0.466 e. The molecule has 0 rings (SSSR count). The number of carbonyl (C=O) groups is 1. The molecule has 0 saturated carbocycles. The third-order valence-electron chi connectivity index (χ3n) is 1.19. The van der Waals surface area contributed by atoms with Crippen LogP contribution in [0.3, 0.4) is 0 Å². The first kappa shape index (κ1) is 15.4. The summed E-state index contributed by atoms with van der Waals surface area (Å²) in [6.45, 7) is 3.22. The smallest absolute Gasteiger partial charge is 0.308 e. The third kappa shape index (κ3) is 8.65. The van der Waals surface area contributed by atoms with E-state index >= 15 is 0 Å². The molecule has 3 nitrogen and oxygen atoms in total. The normalized spacial score (nSPS) is 9.71. The predicted molar refractivity (Wildman–Crippen MR) is 81.2 cm³/mol. The van der Waals surface area contributed by atoms with Crippen molar-refractivity contribution >= 4 is 73.7 Å². The second-order valence-electron chi connectivity index (χ2n) is 2.27. The summed E-state index contributed by atoms with van der Waals surface area (Å²) in [5, 5.41) is 0. The van der Waals surface area contributed by atoms with Crippen LogP contribution in [0.2, 0.25) is 0 Å². The molecule has 0 unspecified atom stereocenters. The number of halogens is 3. The van der Waals surface area contributed by atoms with Gasteiger partial charge in [0.2, 0.25) is 0 Å². The molecular weight excluding hydrogens is 525 g/mol. The van der Waals surface area contributed by atoms with Gasteiger partial charge in [-0.2, -0.15) is 0 Å². The van der Waals surface area contributed by atoms with Gasteiger partial charge < -0.3 is 9.47 Å². The van der Waals surface area contributed by atoms with Gasteiger partial charge >= 0.3 is 5.97 Å². The number of hydrogen-bond donors (Lipinski definition) is 0.